The van der Waals surface area contributed by atoms with Crippen LogP contribution in [0.5, 0.6) is 0 Å². The lowest BCUT2D eigenvalue weighted by atomic mass is 10.1. The molecule has 0 aliphatic heterocycles. The van der Waals surface area contributed by atoms with Crippen LogP contribution in [-0.4, -0.2) is 49.6 Å². The maximum atomic E-state index is 12.7. The molecule has 26 heavy (non-hydrogen) atoms. The number of aliphatic hydroxyl groups is 1. The molecule has 1 aromatic carbocycles. The molecule has 7 nitrogen and oxygen atoms in total. The van der Waals surface area contributed by atoms with Crippen LogP contribution in [0.4, 0.5) is 0 Å². The molecule has 0 saturated carbocycles. The third kappa shape index (κ3) is 3.00. The molecule has 1 amide bonds. The number of halogens is 1. The van der Waals surface area contributed by atoms with Crippen molar-refractivity contribution in [2.45, 2.75) is 13.0 Å². The molecule has 0 aliphatic carbocycles. The quantitative estimate of drug-likeness (QED) is 0.755. The predicted molar refractivity (Wildman–Crippen MR) is 99.5 cm³/mol. The van der Waals surface area contributed by atoms with E-state index in [2.05, 4.69) is 4.98 Å². The molecule has 0 spiro atoms. The SMILES string of the molecule is CC(CO)N(C)C(=O)c1cn2cc(-c3ccccc3Cl)n(C)c(=O)c2n1. The van der Waals surface area contributed by atoms with E-state index in [9.17, 15) is 14.7 Å². The minimum absolute atomic E-state index is 0.140. The molecule has 0 fully saturated rings. The largest absolute Gasteiger partial charge is 0.394 e. The summed E-state index contributed by atoms with van der Waals surface area (Å²) < 4.78 is 2.99. The maximum Gasteiger partial charge on any atom is 0.294 e. The zero-order valence-electron chi connectivity index (χ0n) is 14.7. The van der Waals surface area contributed by atoms with Gasteiger partial charge in [-0.3, -0.25) is 14.0 Å². The van der Waals surface area contributed by atoms with Crippen LogP contribution < -0.4 is 5.56 Å². The van der Waals surface area contributed by atoms with E-state index in [1.165, 1.54) is 20.1 Å². The van der Waals surface area contributed by atoms with Gasteiger partial charge in [0.15, 0.2) is 0 Å². The third-order valence-electron chi connectivity index (χ3n) is 4.47. The Morgan fingerprint density at radius 3 is 2.69 bits per heavy atom. The highest BCUT2D eigenvalue weighted by molar-refractivity contribution is 6.33. The molecule has 0 bridgehead atoms. The van der Waals surface area contributed by atoms with Gasteiger partial charge in [0.2, 0.25) is 5.65 Å². The van der Waals surface area contributed by atoms with Crippen molar-refractivity contribution in [1.82, 2.24) is 18.9 Å². The molecule has 136 valence electrons. The fraction of sp³-hybridized carbons (Fsp3) is 0.278. The Balaban J connectivity index is 2.14. The fourth-order valence-electron chi connectivity index (χ4n) is 2.65. The molecular weight excluding hydrogens is 356 g/mol. The summed E-state index contributed by atoms with van der Waals surface area (Å²) in [7, 11) is 3.22. The van der Waals surface area contributed by atoms with Gasteiger partial charge in [-0.05, 0) is 13.0 Å². The van der Waals surface area contributed by atoms with Gasteiger partial charge in [-0.15, -0.1) is 0 Å². The first kappa shape index (κ1) is 18.2. The van der Waals surface area contributed by atoms with Crippen molar-refractivity contribution in [3.8, 4) is 11.3 Å². The standard InChI is InChI=1S/C18H19ClN4O3/c1-11(10-24)21(2)17(25)14-8-23-9-15(12-6-4-5-7-13(12)19)22(3)18(26)16(23)20-14/h4-9,11,24H,10H2,1-3H3. The number of carbonyl (C=O) groups is 1. The van der Waals surface area contributed by atoms with Crippen molar-refractivity contribution in [3.05, 3.63) is 57.7 Å². The van der Waals surface area contributed by atoms with E-state index in [0.29, 0.717) is 16.3 Å². The zero-order chi connectivity index (χ0) is 19.0. The summed E-state index contributed by atoms with van der Waals surface area (Å²) in [6.45, 7) is 1.57. The molecule has 8 heteroatoms. The number of imidazole rings is 1. The number of nitrogens with zero attached hydrogens (tertiary/aromatic N) is 4. The van der Waals surface area contributed by atoms with Gasteiger partial charge in [0, 0.05) is 37.1 Å². The molecule has 0 saturated heterocycles. The van der Waals surface area contributed by atoms with Crippen molar-refractivity contribution in [1.29, 1.82) is 0 Å². The monoisotopic (exact) mass is 374 g/mol. The van der Waals surface area contributed by atoms with Crippen molar-refractivity contribution in [2.75, 3.05) is 13.7 Å². The first-order valence-electron chi connectivity index (χ1n) is 8.06. The average Bonchev–Trinajstić information content (AvgIpc) is 3.07. The van der Waals surface area contributed by atoms with Crippen LogP contribution in [-0.2, 0) is 7.05 Å². The van der Waals surface area contributed by atoms with E-state index in [4.69, 9.17) is 11.6 Å². The van der Waals surface area contributed by atoms with E-state index < -0.39 is 0 Å². The number of amides is 1. The zero-order valence-corrected chi connectivity index (χ0v) is 15.4. The summed E-state index contributed by atoms with van der Waals surface area (Å²) in [6.07, 6.45) is 3.23. The van der Waals surface area contributed by atoms with Gasteiger partial charge in [0.1, 0.15) is 5.69 Å². The number of hydrogen-bond acceptors (Lipinski definition) is 4. The topological polar surface area (TPSA) is 79.8 Å². The van der Waals surface area contributed by atoms with Gasteiger partial charge in [-0.25, -0.2) is 4.98 Å². The predicted octanol–water partition coefficient (Wildman–Crippen LogP) is 1.81. The molecule has 2 heterocycles. The Hall–Kier alpha value is -2.64. The summed E-state index contributed by atoms with van der Waals surface area (Å²) in [5, 5.41) is 9.75. The fourth-order valence-corrected chi connectivity index (χ4v) is 2.89. The first-order chi connectivity index (χ1) is 12.3. The highest BCUT2D eigenvalue weighted by atomic mass is 35.5. The Morgan fingerprint density at radius 2 is 2.04 bits per heavy atom. The highest BCUT2D eigenvalue weighted by Gasteiger charge is 2.21. The van der Waals surface area contributed by atoms with Crippen molar-refractivity contribution < 1.29 is 9.90 Å². The van der Waals surface area contributed by atoms with Crippen molar-refractivity contribution in [2.24, 2.45) is 7.05 Å². The van der Waals surface area contributed by atoms with E-state index in [1.807, 2.05) is 18.2 Å². The van der Waals surface area contributed by atoms with E-state index in [-0.39, 0.29) is 35.5 Å². The molecule has 2 aromatic heterocycles. The van der Waals surface area contributed by atoms with E-state index in [1.54, 1.807) is 33.3 Å². The van der Waals surface area contributed by atoms with Gasteiger partial charge in [-0.2, -0.15) is 0 Å². The number of carbonyl (C=O) groups excluding carboxylic acids is 1. The summed E-state index contributed by atoms with van der Waals surface area (Å²) in [6, 6.07) is 6.87. The summed E-state index contributed by atoms with van der Waals surface area (Å²) in [4.78, 5) is 30.8. The normalized spacial score (nSPS) is 12.3. The Bertz CT molecular complexity index is 1040. The van der Waals surface area contributed by atoms with Gasteiger partial charge in [0.05, 0.1) is 18.3 Å². The van der Waals surface area contributed by atoms with Gasteiger partial charge < -0.3 is 14.6 Å². The molecule has 0 aliphatic rings. The number of hydrogen-bond donors (Lipinski definition) is 1. The van der Waals surface area contributed by atoms with Gasteiger partial charge >= 0.3 is 0 Å². The molecule has 1 unspecified atom stereocenters. The second kappa shape index (κ2) is 6.93. The highest BCUT2D eigenvalue weighted by Crippen LogP contribution is 2.26. The molecule has 3 aromatic rings. The Kier molecular flexibility index (Phi) is 4.84. The Morgan fingerprint density at radius 1 is 1.35 bits per heavy atom. The van der Waals surface area contributed by atoms with Gasteiger partial charge in [-0.1, -0.05) is 29.8 Å². The number of likely N-dealkylation sites (N-methyl/N-ethyl adjacent to an activating group) is 1. The van der Waals surface area contributed by atoms with E-state index in [0.717, 1.165) is 0 Å². The van der Waals surface area contributed by atoms with Crippen LogP contribution in [0.25, 0.3) is 16.9 Å². The van der Waals surface area contributed by atoms with Crippen molar-refractivity contribution in [3.63, 3.8) is 0 Å². The van der Waals surface area contributed by atoms with Crippen LogP contribution >= 0.6 is 11.6 Å². The second-order valence-electron chi connectivity index (χ2n) is 6.16. The van der Waals surface area contributed by atoms with Crippen LogP contribution in [0.2, 0.25) is 5.02 Å². The lowest BCUT2D eigenvalue weighted by Crippen LogP contribution is -2.37. The van der Waals surface area contributed by atoms with Crippen LogP contribution in [0.15, 0.2) is 41.5 Å². The van der Waals surface area contributed by atoms with Crippen LogP contribution in [0.3, 0.4) is 0 Å². The van der Waals surface area contributed by atoms with Gasteiger partial charge in [0.25, 0.3) is 11.5 Å². The minimum Gasteiger partial charge on any atom is -0.394 e. The number of rotatable bonds is 4. The second-order valence-corrected chi connectivity index (χ2v) is 6.57. The summed E-state index contributed by atoms with van der Waals surface area (Å²) in [5.41, 5.74) is 1.28. The molecule has 1 atom stereocenters. The lowest BCUT2D eigenvalue weighted by molar-refractivity contribution is 0.0677. The minimum atomic E-state index is -0.364. The smallest absolute Gasteiger partial charge is 0.294 e. The number of benzene rings is 1. The first-order valence-corrected chi connectivity index (χ1v) is 8.44. The van der Waals surface area contributed by atoms with Crippen LogP contribution in [0.1, 0.15) is 17.4 Å². The Labute approximate surface area is 155 Å². The third-order valence-corrected chi connectivity index (χ3v) is 4.80. The molecular formula is C18H19ClN4O3. The average molecular weight is 375 g/mol. The summed E-state index contributed by atoms with van der Waals surface area (Å²) in [5.74, 6) is -0.364. The van der Waals surface area contributed by atoms with Crippen LogP contribution in [0, 0.1) is 0 Å². The lowest BCUT2D eigenvalue weighted by Gasteiger charge is -2.21. The summed E-state index contributed by atoms with van der Waals surface area (Å²) >= 11 is 6.26. The van der Waals surface area contributed by atoms with E-state index >= 15 is 0 Å². The van der Waals surface area contributed by atoms with Crippen molar-refractivity contribution >= 4 is 23.2 Å². The number of aliphatic hydroxyl groups excluding tert-OH is 1. The number of aromatic nitrogens is 3. The number of fused-ring (bicyclic) bond motifs is 1. The molecule has 3 rings (SSSR count). The maximum absolute atomic E-state index is 12.7. The molecule has 1 N–H and O–H groups in total. The molecule has 0 radical (unpaired) electrons.